The van der Waals surface area contributed by atoms with Crippen molar-refractivity contribution in [3.63, 3.8) is 0 Å². The number of rotatable bonds is 1. The molecule has 0 bridgehead atoms. The molecule has 13 heavy (non-hydrogen) atoms. The van der Waals surface area contributed by atoms with Crippen LogP contribution in [0, 0.1) is 0 Å². The van der Waals surface area contributed by atoms with Crippen LogP contribution < -0.4 is 11.1 Å². The minimum atomic E-state index is 0.237. The predicted octanol–water partition coefficient (Wildman–Crippen LogP) is 1.35. The third-order valence-corrected chi connectivity index (χ3v) is 2.81. The Morgan fingerprint density at radius 2 is 1.92 bits per heavy atom. The third kappa shape index (κ3) is 1.85. The van der Waals surface area contributed by atoms with Gasteiger partial charge in [0.05, 0.1) is 0 Å². The van der Waals surface area contributed by atoms with Crippen molar-refractivity contribution in [2.24, 2.45) is 5.73 Å². The van der Waals surface area contributed by atoms with E-state index in [0.29, 0.717) is 5.92 Å². The minimum absolute atomic E-state index is 0.237. The van der Waals surface area contributed by atoms with Crippen molar-refractivity contribution in [3.8, 4) is 0 Å². The van der Waals surface area contributed by atoms with E-state index in [1.54, 1.807) is 0 Å². The summed E-state index contributed by atoms with van der Waals surface area (Å²) < 4.78 is 0. The van der Waals surface area contributed by atoms with E-state index in [4.69, 9.17) is 17.3 Å². The Kier molecular flexibility index (Phi) is 2.54. The van der Waals surface area contributed by atoms with Crippen molar-refractivity contribution in [3.05, 3.63) is 34.9 Å². The molecule has 1 aromatic rings. The lowest BCUT2D eigenvalue weighted by Crippen LogP contribution is -2.27. The van der Waals surface area contributed by atoms with E-state index in [1.165, 1.54) is 5.56 Å². The van der Waals surface area contributed by atoms with E-state index in [9.17, 15) is 0 Å². The SMILES string of the molecule is N[C@@H]1CNC[C@H]1c1ccc(Cl)cc1. The zero-order valence-electron chi connectivity index (χ0n) is 7.33. The van der Waals surface area contributed by atoms with Gasteiger partial charge in [-0.3, -0.25) is 0 Å². The smallest absolute Gasteiger partial charge is 0.0406 e. The number of hydrogen-bond acceptors (Lipinski definition) is 2. The molecule has 1 fully saturated rings. The van der Waals surface area contributed by atoms with Crippen LogP contribution in [0.1, 0.15) is 11.5 Å². The second kappa shape index (κ2) is 3.66. The Bertz CT molecular complexity index is 283. The maximum Gasteiger partial charge on any atom is 0.0406 e. The van der Waals surface area contributed by atoms with Gasteiger partial charge in [0, 0.05) is 30.1 Å². The monoisotopic (exact) mass is 196 g/mol. The van der Waals surface area contributed by atoms with Gasteiger partial charge in [0.15, 0.2) is 0 Å². The van der Waals surface area contributed by atoms with Crippen molar-refractivity contribution < 1.29 is 0 Å². The summed E-state index contributed by atoms with van der Waals surface area (Å²) in [7, 11) is 0. The maximum absolute atomic E-state index is 5.95. The highest BCUT2D eigenvalue weighted by atomic mass is 35.5. The van der Waals surface area contributed by atoms with E-state index < -0.39 is 0 Å². The van der Waals surface area contributed by atoms with Crippen molar-refractivity contribution in [1.82, 2.24) is 5.32 Å². The van der Waals surface area contributed by atoms with Crippen LogP contribution in [0.5, 0.6) is 0 Å². The van der Waals surface area contributed by atoms with Crippen LogP contribution in [0.4, 0.5) is 0 Å². The lowest BCUT2D eigenvalue weighted by molar-refractivity contribution is 0.653. The van der Waals surface area contributed by atoms with E-state index in [-0.39, 0.29) is 6.04 Å². The number of halogens is 1. The van der Waals surface area contributed by atoms with Gasteiger partial charge in [-0.2, -0.15) is 0 Å². The van der Waals surface area contributed by atoms with Crippen molar-refractivity contribution >= 4 is 11.6 Å². The quantitative estimate of drug-likeness (QED) is 0.712. The normalized spacial score (nSPS) is 27.8. The molecule has 3 N–H and O–H groups in total. The topological polar surface area (TPSA) is 38.0 Å². The highest BCUT2D eigenvalue weighted by Gasteiger charge is 2.24. The fraction of sp³-hybridized carbons (Fsp3) is 0.400. The molecule has 0 radical (unpaired) electrons. The highest BCUT2D eigenvalue weighted by molar-refractivity contribution is 6.30. The molecule has 3 heteroatoms. The largest absolute Gasteiger partial charge is 0.326 e. The van der Waals surface area contributed by atoms with Gasteiger partial charge >= 0.3 is 0 Å². The van der Waals surface area contributed by atoms with Gasteiger partial charge in [-0.1, -0.05) is 23.7 Å². The summed E-state index contributed by atoms with van der Waals surface area (Å²) in [5.74, 6) is 0.442. The number of hydrogen-bond donors (Lipinski definition) is 2. The standard InChI is InChI=1S/C10H13ClN2/c11-8-3-1-7(2-4-8)9-5-13-6-10(9)12/h1-4,9-10,13H,5-6,12H2/t9-,10+/m0/s1. The lowest BCUT2D eigenvalue weighted by Gasteiger charge is -2.14. The number of nitrogens with one attached hydrogen (secondary N) is 1. The van der Waals surface area contributed by atoms with Crippen molar-refractivity contribution in [2.45, 2.75) is 12.0 Å². The second-order valence-corrected chi connectivity index (χ2v) is 3.92. The molecule has 0 saturated carbocycles. The molecule has 2 rings (SSSR count). The van der Waals surface area contributed by atoms with Crippen molar-refractivity contribution in [2.75, 3.05) is 13.1 Å². The van der Waals surface area contributed by atoms with Crippen LogP contribution in [0.3, 0.4) is 0 Å². The zero-order chi connectivity index (χ0) is 9.26. The first kappa shape index (κ1) is 9.00. The van der Waals surface area contributed by atoms with Gasteiger partial charge in [0.2, 0.25) is 0 Å². The Hall–Kier alpha value is -0.570. The first-order valence-corrected chi connectivity index (χ1v) is 4.87. The first-order chi connectivity index (χ1) is 6.27. The summed E-state index contributed by atoms with van der Waals surface area (Å²) in [4.78, 5) is 0. The molecule has 1 heterocycles. The van der Waals surface area contributed by atoms with Crippen LogP contribution in [-0.4, -0.2) is 19.1 Å². The minimum Gasteiger partial charge on any atom is -0.326 e. The molecule has 1 aliphatic rings. The molecule has 70 valence electrons. The average Bonchev–Trinajstić information content (AvgIpc) is 2.53. The molecule has 2 atom stereocenters. The van der Waals surface area contributed by atoms with Crippen molar-refractivity contribution in [1.29, 1.82) is 0 Å². The van der Waals surface area contributed by atoms with E-state index >= 15 is 0 Å². The third-order valence-electron chi connectivity index (χ3n) is 2.56. The Balaban J connectivity index is 2.20. The number of benzene rings is 1. The molecule has 1 aromatic carbocycles. The maximum atomic E-state index is 5.95. The predicted molar refractivity (Wildman–Crippen MR) is 55.0 cm³/mol. The van der Waals surface area contributed by atoms with E-state index in [2.05, 4.69) is 17.4 Å². The summed E-state index contributed by atoms with van der Waals surface area (Å²) in [5, 5.41) is 4.06. The second-order valence-electron chi connectivity index (χ2n) is 3.48. The summed E-state index contributed by atoms with van der Waals surface area (Å²) in [6.07, 6.45) is 0. The molecular weight excluding hydrogens is 184 g/mol. The molecule has 0 aliphatic carbocycles. The fourth-order valence-corrected chi connectivity index (χ4v) is 1.90. The van der Waals surface area contributed by atoms with Crippen LogP contribution in [0.25, 0.3) is 0 Å². The lowest BCUT2D eigenvalue weighted by atomic mass is 9.95. The van der Waals surface area contributed by atoms with Crippen LogP contribution in [-0.2, 0) is 0 Å². The Morgan fingerprint density at radius 1 is 1.23 bits per heavy atom. The summed E-state index contributed by atoms with van der Waals surface area (Å²) in [6, 6.07) is 8.19. The van der Waals surface area contributed by atoms with Crippen LogP contribution >= 0.6 is 11.6 Å². The fourth-order valence-electron chi connectivity index (χ4n) is 1.77. The average molecular weight is 197 g/mol. The van der Waals surface area contributed by atoms with Gasteiger partial charge in [-0.05, 0) is 17.7 Å². The van der Waals surface area contributed by atoms with Gasteiger partial charge in [0.25, 0.3) is 0 Å². The van der Waals surface area contributed by atoms with Gasteiger partial charge in [-0.25, -0.2) is 0 Å². The van der Waals surface area contributed by atoms with Gasteiger partial charge in [-0.15, -0.1) is 0 Å². The van der Waals surface area contributed by atoms with Gasteiger partial charge in [0.1, 0.15) is 0 Å². The van der Waals surface area contributed by atoms with Crippen LogP contribution in [0.2, 0.25) is 5.02 Å². The van der Waals surface area contributed by atoms with E-state index in [1.807, 2.05) is 12.1 Å². The summed E-state index contributed by atoms with van der Waals surface area (Å²) in [6.45, 7) is 1.89. The molecule has 2 nitrogen and oxygen atoms in total. The summed E-state index contributed by atoms with van der Waals surface area (Å²) in [5.41, 5.74) is 7.23. The highest BCUT2D eigenvalue weighted by Crippen LogP contribution is 2.22. The molecule has 1 aliphatic heterocycles. The molecule has 0 amide bonds. The van der Waals surface area contributed by atoms with Crippen LogP contribution in [0.15, 0.2) is 24.3 Å². The molecular formula is C10H13ClN2. The van der Waals surface area contributed by atoms with Gasteiger partial charge < -0.3 is 11.1 Å². The molecule has 0 unspecified atom stereocenters. The molecule has 1 saturated heterocycles. The number of nitrogens with two attached hydrogens (primary N) is 1. The zero-order valence-corrected chi connectivity index (χ0v) is 8.09. The first-order valence-electron chi connectivity index (χ1n) is 4.49. The summed E-state index contributed by atoms with van der Waals surface area (Å²) >= 11 is 5.81. The van der Waals surface area contributed by atoms with E-state index in [0.717, 1.165) is 18.1 Å². The molecule has 0 aromatic heterocycles. The Labute approximate surface area is 83.1 Å². The molecule has 0 spiro atoms. The Morgan fingerprint density at radius 3 is 2.46 bits per heavy atom.